The molecular formula is C16H27NS. The summed E-state index contributed by atoms with van der Waals surface area (Å²) < 4.78 is 0. The van der Waals surface area contributed by atoms with Gasteiger partial charge in [-0.1, -0.05) is 58.0 Å². The van der Waals surface area contributed by atoms with Crippen molar-refractivity contribution in [1.29, 1.82) is 0 Å². The first kappa shape index (κ1) is 15.6. The van der Waals surface area contributed by atoms with E-state index >= 15 is 0 Å². The van der Waals surface area contributed by atoms with Crippen LogP contribution in [0.2, 0.25) is 0 Å². The number of thioether (sulfide) groups is 1. The molecule has 2 heteroatoms. The molecule has 1 N–H and O–H groups in total. The van der Waals surface area contributed by atoms with Gasteiger partial charge in [0.1, 0.15) is 0 Å². The first-order valence-electron chi connectivity index (χ1n) is 6.91. The van der Waals surface area contributed by atoms with Crippen LogP contribution in [-0.4, -0.2) is 18.1 Å². The fourth-order valence-corrected chi connectivity index (χ4v) is 2.77. The zero-order valence-corrected chi connectivity index (χ0v) is 13.0. The Morgan fingerprint density at radius 1 is 1.17 bits per heavy atom. The quantitative estimate of drug-likeness (QED) is 0.728. The number of benzene rings is 1. The average Bonchev–Trinajstić information content (AvgIpc) is 2.33. The minimum absolute atomic E-state index is 0.249. The zero-order valence-electron chi connectivity index (χ0n) is 12.2. The van der Waals surface area contributed by atoms with Gasteiger partial charge in [-0.15, -0.1) is 0 Å². The molecule has 0 heterocycles. The SMILES string of the molecule is CCSCCCNC(c1ccccc1)C(C)(C)C. The molecule has 0 saturated heterocycles. The van der Waals surface area contributed by atoms with Crippen LogP contribution in [0.25, 0.3) is 0 Å². The van der Waals surface area contributed by atoms with Crippen molar-refractivity contribution in [3.63, 3.8) is 0 Å². The van der Waals surface area contributed by atoms with Crippen LogP contribution in [0, 0.1) is 5.41 Å². The van der Waals surface area contributed by atoms with E-state index < -0.39 is 0 Å². The molecule has 0 bridgehead atoms. The topological polar surface area (TPSA) is 12.0 Å². The van der Waals surface area contributed by atoms with Crippen molar-refractivity contribution in [2.45, 2.75) is 40.2 Å². The summed E-state index contributed by atoms with van der Waals surface area (Å²) in [5.41, 5.74) is 1.65. The Kier molecular flexibility index (Phi) is 6.80. The van der Waals surface area contributed by atoms with Gasteiger partial charge in [-0.3, -0.25) is 0 Å². The van der Waals surface area contributed by atoms with Crippen LogP contribution >= 0.6 is 11.8 Å². The Hall–Kier alpha value is -0.470. The zero-order chi connectivity index (χ0) is 13.4. The molecular weight excluding hydrogens is 238 g/mol. The summed E-state index contributed by atoms with van der Waals surface area (Å²) in [4.78, 5) is 0. The maximum absolute atomic E-state index is 3.72. The number of nitrogens with one attached hydrogen (secondary N) is 1. The minimum Gasteiger partial charge on any atom is -0.309 e. The summed E-state index contributed by atoms with van der Waals surface area (Å²) in [7, 11) is 0. The van der Waals surface area contributed by atoms with E-state index in [1.807, 2.05) is 11.8 Å². The number of hydrogen-bond donors (Lipinski definition) is 1. The Morgan fingerprint density at radius 2 is 1.83 bits per heavy atom. The second-order valence-electron chi connectivity index (χ2n) is 5.71. The first-order chi connectivity index (χ1) is 8.55. The lowest BCUT2D eigenvalue weighted by molar-refractivity contribution is 0.273. The van der Waals surface area contributed by atoms with Crippen LogP contribution < -0.4 is 5.32 Å². The van der Waals surface area contributed by atoms with E-state index in [4.69, 9.17) is 0 Å². The molecule has 0 aliphatic carbocycles. The van der Waals surface area contributed by atoms with Gasteiger partial charge >= 0.3 is 0 Å². The molecule has 1 unspecified atom stereocenters. The van der Waals surface area contributed by atoms with Gasteiger partial charge in [0.25, 0.3) is 0 Å². The van der Waals surface area contributed by atoms with Gasteiger partial charge in [-0.05, 0) is 35.4 Å². The molecule has 0 aliphatic rings. The largest absolute Gasteiger partial charge is 0.309 e. The van der Waals surface area contributed by atoms with Crippen molar-refractivity contribution >= 4 is 11.8 Å². The summed E-state index contributed by atoms with van der Waals surface area (Å²) in [6, 6.07) is 11.2. The third kappa shape index (κ3) is 5.45. The highest BCUT2D eigenvalue weighted by Gasteiger charge is 2.25. The average molecular weight is 265 g/mol. The van der Waals surface area contributed by atoms with Crippen LogP contribution in [0.5, 0.6) is 0 Å². The lowest BCUT2D eigenvalue weighted by atomic mass is 9.82. The summed E-state index contributed by atoms with van der Waals surface area (Å²) in [5, 5.41) is 3.72. The highest BCUT2D eigenvalue weighted by atomic mass is 32.2. The minimum atomic E-state index is 0.249. The van der Waals surface area contributed by atoms with Gasteiger partial charge in [-0.25, -0.2) is 0 Å². The maximum atomic E-state index is 3.72. The molecule has 0 radical (unpaired) electrons. The van der Waals surface area contributed by atoms with Crippen LogP contribution in [0.1, 0.15) is 45.7 Å². The monoisotopic (exact) mass is 265 g/mol. The maximum Gasteiger partial charge on any atom is 0.0369 e. The fraction of sp³-hybridized carbons (Fsp3) is 0.625. The molecule has 0 spiro atoms. The number of rotatable bonds is 7. The number of hydrogen-bond acceptors (Lipinski definition) is 2. The second-order valence-corrected chi connectivity index (χ2v) is 7.11. The van der Waals surface area contributed by atoms with Crippen molar-refractivity contribution in [1.82, 2.24) is 5.32 Å². The van der Waals surface area contributed by atoms with Crippen LogP contribution in [0.15, 0.2) is 30.3 Å². The molecule has 0 amide bonds. The van der Waals surface area contributed by atoms with Crippen molar-refractivity contribution in [2.24, 2.45) is 5.41 Å². The smallest absolute Gasteiger partial charge is 0.0369 e. The van der Waals surface area contributed by atoms with E-state index in [0.717, 1.165) is 6.54 Å². The van der Waals surface area contributed by atoms with E-state index in [9.17, 15) is 0 Å². The molecule has 18 heavy (non-hydrogen) atoms. The van der Waals surface area contributed by atoms with E-state index in [-0.39, 0.29) is 5.41 Å². The molecule has 1 aromatic rings. The van der Waals surface area contributed by atoms with Gasteiger partial charge in [0.15, 0.2) is 0 Å². The third-order valence-corrected chi connectivity index (χ3v) is 4.00. The molecule has 0 aromatic heterocycles. The van der Waals surface area contributed by atoms with E-state index in [2.05, 4.69) is 63.3 Å². The summed E-state index contributed by atoms with van der Waals surface area (Å²) in [5.74, 6) is 2.48. The highest BCUT2D eigenvalue weighted by molar-refractivity contribution is 7.99. The first-order valence-corrected chi connectivity index (χ1v) is 8.07. The Bertz CT molecular complexity index is 316. The van der Waals surface area contributed by atoms with Gasteiger partial charge in [-0.2, -0.15) is 11.8 Å². The van der Waals surface area contributed by atoms with Gasteiger partial charge in [0.05, 0.1) is 0 Å². The molecule has 0 saturated carbocycles. The van der Waals surface area contributed by atoms with Gasteiger partial charge in [0, 0.05) is 6.04 Å². The highest BCUT2D eigenvalue weighted by Crippen LogP contribution is 2.32. The van der Waals surface area contributed by atoms with E-state index in [1.54, 1.807) is 0 Å². The van der Waals surface area contributed by atoms with E-state index in [0.29, 0.717) is 6.04 Å². The predicted octanol–water partition coefficient (Wildman–Crippen LogP) is 4.51. The van der Waals surface area contributed by atoms with Crippen molar-refractivity contribution in [3.8, 4) is 0 Å². The normalized spacial score (nSPS) is 13.6. The molecule has 102 valence electrons. The molecule has 0 fully saturated rings. The molecule has 1 nitrogen and oxygen atoms in total. The van der Waals surface area contributed by atoms with Crippen molar-refractivity contribution in [2.75, 3.05) is 18.1 Å². The predicted molar refractivity (Wildman–Crippen MR) is 84.3 cm³/mol. The lowest BCUT2D eigenvalue weighted by Crippen LogP contribution is -2.33. The van der Waals surface area contributed by atoms with Crippen molar-refractivity contribution in [3.05, 3.63) is 35.9 Å². The van der Waals surface area contributed by atoms with Crippen LogP contribution in [-0.2, 0) is 0 Å². The summed E-state index contributed by atoms with van der Waals surface area (Å²) in [6.45, 7) is 10.2. The fourth-order valence-electron chi connectivity index (χ4n) is 2.13. The Balaban J connectivity index is 2.53. The Morgan fingerprint density at radius 3 is 2.39 bits per heavy atom. The van der Waals surface area contributed by atoms with Crippen molar-refractivity contribution < 1.29 is 0 Å². The molecule has 1 rings (SSSR count). The standard InChI is InChI=1S/C16H27NS/c1-5-18-13-9-12-17-15(16(2,3)4)14-10-7-6-8-11-14/h6-8,10-11,15,17H,5,9,12-13H2,1-4H3. The van der Waals surface area contributed by atoms with Crippen LogP contribution in [0.3, 0.4) is 0 Å². The van der Waals surface area contributed by atoms with Gasteiger partial charge < -0.3 is 5.32 Å². The van der Waals surface area contributed by atoms with E-state index in [1.165, 1.54) is 23.5 Å². The molecule has 1 atom stereocenters. The lowest BCUT2D eigenvalue weighted by Gasteiger charge is -2.32. The van der Waals surface area contributed by atoms with Crippen LogP contribution in [0.4, 0.5) is 0 Å². The summed E-state index contributed by atoms with van der Waals surface area (Å²) in [6.07, 6.45) is 1.25. The second kappa shape index (κ2) is 7.85. The molecule has 0 aliphatic heterocycles. The third-order valence-electron chi connectivity index (χ3n) is 3.02. The molecule has 1 aromatic carbocycles. The summed E-state index contributed by atoms with van der Waals surface area (Å²) >= 11 is 2.02. The van der Waals surface area contributed by atoms with Gasteiger partial charge in [0.2, 0.25) is 0 Å². The Labute approximate surface area is 117 Å².